The first-order valence-corrected chi connectivity index (χ1v) is 22.5. The van der Waals surface area contributed by atoms with Gasteiger partial charge in [0.15, 0.2) is 0 Å². The standard InChI is InChI=1S/C63H54N3O.Ir/c1-42-16-21-48(22-17-42)57-29-27-52(40-65-57)62(3,4)37-45-32-44(33-46(34-45)38-63(5,6)53-28-30-58(66-41-53)49-23-18-43(2)19-24-49)20-25-51-39-64-59(47-12-8-7-9-13-47)36-55(51)50-26-31-61-56(35-50)54-14-10-11-15-60(54)67-61;/h7-12,14-19,21,23,26-36,39-41H,20,25,37-38H2,1-6H3;/q-3;+3/i20D2,25D2,37D2,38D2;. The average Bonchev–Trinajstić information content (AvgIpc) is 3.79. The van der Waals surface area contributed by atoms with Gasteiger partial charge in [-0.3, -0.25) is 0 Å². The molecule has 4 aromatic heterocycles. The van der Waals surface area contributed by atoms with Crippen molar-refractivity contribution in [3.63, 3.8) is 0 Å². The largest absolute Gasteiger partial charge is 3.00 e. The normalized spacial score (nSPS) is 14.4. The summed E-state index contributed by atoms with van der Waals surface area (Å²) in [4.78, 5) is 14.2. The van der Waals surface area contributed by atoms with Crippen molar-refractivity contribution in [1.29, 1.82) is 0 Å². The van der Waals surface area contributed by atoms with E-state index in [0.717, 1.165) is 33.0 Å². The maximum atomic E-state index is 10.0. The van der Waals surface area contributed by atoms with Gasteiger partial charge in [0.05, 0.1) is 0 Å². The van der Waals surface area contributed by atoms with Crippen LogP contribution in [0.25, 0.3) is 66.8 Å². The molecule has 10 rings (SSSR count). The molecule has 0 amide bonds. The second-order valence-electron chi connectivity index (χ2n) is 18.2. The Morgan fingerprint density at radius 2 is 1.09 bits per heavy atom. The molecule has 0 atom stereocenters. The number of hydrogen-bond donors (Lipinski definition) is 0. The number of rotatable bonds is 13. The van der Waals surface area contributed by atoms with Crippen LogP contribution in [0.2, 0.25) is 0 Å². The van der Waals surface area contributed by atoms with E-state index in [-0.39, 0.29) is 42.4 Å². The molecule has 0 unspecified atom stereocenters. The molecule has 0 bridgehead atoms. The van der Waals surface area contributed by atoms with Gasteiger partial charge >= 0.3 is 20.1 Å². The van der Waals surface area contributed by atoms with E-state index in [4.69, 9.17) is 19.4 Å². The Labute approximate surface area is 426 Å². The minimum atomic E-state index is -2.94. The zero-order valence-electron chi connectivity index (χ0n) is 46.7. The maximum absolute atomic E-state index is 10.0. The van der Waals surface area contributed by atoms with Gasteiger partial charge in [0, 0.05) is 40.3 Å². The van der Waals surface area contributed by atoms with E-state index in [9.17, 15) is 11.0 Å². The average molecular weight is 1070 g/mol. The van der Waals surface area contributed by atoms with Crippen molar-refractivity contribution in [2.45, 2.75) is 77.9 Å². The van der Waals surface area contributed by atoms with Gasteiger partial charge in [-0.25, -0.2) is 0 Å². The Hall–Kier alpha value is -6.78. The second-order valence-corrected chi connectivity index (χ2v) is 18.2. The monoisotopic (exact) mass is 1070 g/mol. The second kappa shape index (κ2) is 19.4. The molecule has 68 heavy (non-hydrogen) atoms. The van der Waals surface area contributed by atoms with Gasteiger partial charge in [0.2, 0.25) is 0 Å². The van der Waals surface area contributed by atoms with Gasteiger partial charge in [-0.2, -0.15) is 0 Å². The van der Waals surface area contributed by atoms with Gasteiger partial charge in [0.1, 0.15) is 11.2 Å². The summed E-state index contributed by atoms with van der Waals surface area (Å²) in [7, 11) is 0. The zero-order chi connectivity index (χ0) is 53.3. The van der Waals surface area contributed by atoms with Crippen LogP contribution in [0.5, 0.6) is 0 Å². The van der Waals surface area contributed by atoms with E-state index in [0.29, 0.717) is 56.1 Å². The quantitative estimate of drug-likeness (QED) is 0.108. The zero-order valence-corrected chi connectivity index (χ0v) is 41.1. The number of nitrogens with zero attached hydrogens (tertiary/aromatic N) is 3. The first kappa shape index (κ1) is 37.2. The third-order valence-corrected chi connectivity index (χ3v) is 12.2. The molecule has 336 valence electrons. The van der Waals surface area contributed by atoms with Crippen molar-refractivity contribution in [1.82, 2.24) is 15.0 Å². The van der Waals surface area contributed by atoms with Crippen molar-refractivity contribution >= 4 is 21.9 Å². The fraction of sp³-hybridized carbons (Fsp3) is 0.190. The van der Waals surface area contributed by atoms with Crippen LogP contribution in [-0.4, -0.2) is 15.0 Å². The van der Waals surface area contributed by atoms with Crippen LogP contribution in [-0.2, 0) is 56.4 Å². The topological polar surface area (TPSA) is 51.8 Å². The molecule has 10 aromatic rings. The minimum absolute atomic E-state index is 0. The number of aryl methyl sites for hydroxylation is 4. The van der Waals surface area contributed by atoms with E-state index in [1.807, 2.05) is 135 Å². The SMILES string of the molecule is [2H]C([2H])(c1cc(C([2H])([2H])C(C)(C)c2ccc(-c3[c-]cc(C)cc3)nc2)cc(C([2H])([2H])C(C)(C)c2ccc(-c3[c-]cc(C)cc3)nc2)c1)C([2H])([2H])c1cnc(-c2[c-]cccc2)cc1-c1ccc2oc3ccccc3c2c1.[Ir+3]. The molecule has 0 saturated carbocycles. The molecule has 4 heterocycles. The van der Waals surface area contributed by atoms with E-state index < -0.39 is 36.3 Å². The van der Waals surface area contributed by atoms with Gasteiger partial charge in [0.25, 0.3) is 0 Å². The van der Waals surface area contributed by atoms with Crippen molar-refractivity contribution in [2.24, 2.45) is 0 Å². The number of para-hydroxylation sites is 1. The summed E-state index contributed by atoms with van der Waals surface area (Å²) in [5.41, 5.74) is 6.46. The van der Waals surface area contributed by atoms with Crippen molar-refractivity contribution in [3.05, 3.63) is 233 Å². The Morgan fingerprint density at radius 1 is 0.515 bits per heavy atom. The maximum Gasteiger partial charge on any atom is 3.00 e. The molecular weight excluding hydrogens is 1010 g/mol. The molecule has 0 saturated heterocycles. The number of fused-ring (bicyclic) bond motifs is 3. The third kappa shape index (κ3) is 10.1. The number of furan rings is 1. The first-order valence-electron chi connectivity index (χ1n) is 26.5. The molecular formula is C63H54IrN3O. The minimum Gasteiger partial charge on any atom is -0.456 e. The molecule has 4 nitrogen and oxygen atoms in total. The summed E-state index contributed by atoms with van der Waals surface area (Å²) >= 11 is 0. The summed E-state index contributed by atoms with van der Waals surface area (Å²) in [5, 5.41) is 1.66. The summed E-state index contributed by atoms with van der Waals surface area (Å²) < 4.78 is 86.4. The fourth-order valence-electron chi connectivity index (χ4n) is 8.41. The predicted molar refractivity (Wildman–Crippen MR) is 275 cm³/mol. The molecule has 0 spiro atoms. The fourth-order valence-corrected chi connectivity index (χ4v) is 8.41. The van der Waals surface area contributed by atoms with Crippen LogP contribution in [0.1, 0.15) is 83.2 Å². The van der Waals surface area contributed by atoms with Crippen LogP contribution in [0.3, 0.4) is 0 Å². The van der Waals surface area contributed by atoms with E-state index in [1.165, 1.54) is 24.4 Å². The van der Waals surface area contributed by atoms with E-state index in [2.05, 4.69) is 18.2 Å². The van der Waals surface area contributed by atoms with Gasteiger partial charge < -0.3 is 19.4 Å². The summed E-state index contributed by atoms with van der Waals surface area (Å²) in [6.45, 7) is 10.9. The Kier molecular flexibility index (Phi) is 10.6. The van der Waals surface area contributed by atoms with Crippen LogP contribution >= 0.6 is 0 Å². The van der Waals surface area contributed by atoms with Crippen molar-refractivity contribution in [2.75, 3.05) is 0 Å². The van der Waals surface area contributed by atoms with Gasteiger partial charge in [-0.15, -0.1) is 107 Å². The van der Waals surface area contributed by atoms with Crippen molar-refractivity contribution in [3.8, 4) is 44.9 Å². The third-order valence-electron chi connectivity index (χ3n) is 12.2. The summed E-state index contributed by atoms with van der Waals surface area (Å²) in [6, 6.07) is 55.0. The Balaban J connectivity index is 0.00000706. The Morgan fingerprint density at radius 3 is 1.66 bits per heavy atom. The first-order chi connectivity index (χ1) is 35.5. The molecule has 0 aliphatic rings. The number of hydrogen-bond acceptors (Lipinski definition) is 4. The van der Waals surface area contributed by atoms with Gasteiger partial charge in [-0.1, -0.05) is 114 Å². The van der Waals surface area contributed by atoms with Crippen LogP contribution in [0.4, 0.5) is 0 Å². The molecule has 0 radical (unpaired) electrons. The number of pyridine rings is 3. The predicted octanol–water partition coefficient (Wildman–Crippen LogP) is 15.3. The van der Waals surface area contributed by atoms with Crippen LogP contribution < -0.4 is 0 Å². The van der Waals surface area contributed by atoms with E-state index in [1.54, 1.807) is 52.2 Å². The summed E-state index contributed by atoms with van der Waals surface area (Å²) in [6.07, 6.45) is -5.83. The van der Waals surface area contributed by atoms with Crippen LogP contribution in [0, 0.1) is 32.0 Å². The van der Waals surface area contributed by atoms with Crippen molar-refractivity contribution < 1.29 is 35.5 Å². The summed E-state index contributed by atoms with van der Waals surface area (Å²) in [5.74, 6) is 0. The van der Waals surface area contributed by atoms with Crippen LogP contribution in [0.15, 0.2) is 175 Å². The number of aromatic nitrogens is 3. The molecule has 5 heteroatoms. The molecule has 0 aliphatic heterocycles. The molecule has 0 N–H and O–H groups in total. The molecule has 6 aromatic carbocycles. The van der Waals surface area contributed by atoms with Gasteiger partial charge in [-0.05, 0) is 116 Å². The molecule has 0 fully saturated rings. The number of benzene rings is 6. The smallest absolute Gasteiger partial charge is 0.456 e. The molecule has 0 aliphatic carbocycles. The Bertz CT molecular complexity index is 3600. The van der Waals surface area contributed by atoms with E-state index >= 15 is 0 Å².